The Morgan fingerprint density at radius 1 is 1.29 bits per heavy atom. The highest BCUT2D eigenvalue weighted by Crippen LogP contribution is 2.24. The van der Waals surface area contributed by atoms with Gasteiger partial charge in [0.05, 0.1) is 6.54 Å². The van der Waals surface area contributed by atoms with E-state index in [-0.39, 0.29) is 12.4 Å². The summed E-state index contributed by atoms with van der Waals surface area (Å²) in [6, 6.07) is 11.6. The Morgan fingerprint density at radius 3 is 2.92 bits per heavy atom. The Bertz CT molecular complexity index is 777. The number of furan rings is 1. The number of nitrogens with one attached hydrogen (secondary N) is 1. The first-order valence-corrected chi connectivity index (χ1v) is 8.49. The van der Waals surface area contributed by atoms with Crippen LogP contribution in [0.3, 0.4) is 0 Å². The van der Waals surface area contributed by atoms with Crippen LogP contribution in [0.25, 0.3) is 11.3 Å². The first-order valence-electron chi connectivity index (χ1n) is 7.13. The quantitative estimate of drug-likeness (QED) is 0.457. The molecule has 3 aromatic rings. The third kappa shape index (κ3) is 4.98. The van der Waals surface area contributed by atoms with Gasteiger partial charge in [0.1, 0.15) is 11.5 Å². The average Bonchev–Trinajstić information content (AvgIpc) is 3.17. The summed E-state index contributed by atoms with van der Waals surface area (Å²) < 4.78 is 7.49. The SMILES string of the molecule is Cn1nnnc1SCCNCc1ccc(-c2cccc(Cl)c2)o1.[Cl-]. The number of rotatable bonds is 7. The van der Waals surface area contributed by atoms with E-state index in [9.17, 15) is 0 Å². The largest absolute Gasteiger partial charge is 1.00 e. The van der Waals surface area contributed by atoms with Crippen molar-refractivity contribution in [2.45, 2.75) is 11.7 Å². The topological polar surface area (TPSA) is 68.8 Å². The van der Waals surface area contributed by atoms with Crippen LogP contribution >= 0.6 is 23.4 Å². The van der Waals surface area contributed by atoms with E-state index in [4.69, 9.17) is 16.0 Å². The molecule has 1 aromatic carbocycles. The summed E-state index contributed by atoms with van der Waals surface area (Å²) in [7, 11) is 1.83. The molecule has 0 aliphatic rings. The van der Waals surface area contributed by atoms with Crippen molar-refractivity contribution in [1.82, 2.24) is 25.5 Å². The first-order chi connectivity index (χ1) is 11.2. The molecule has 0 spiro atoms. The van der Waals surface area contributed by atoms with Crippen LogP contribution in [0.15, 0.2) is 46.0 Å². The van der Waals surface area contributed by atoms with Crippen molar-refractivity contribution in [3.05, 3.63) is 47.2 Å². The minimum atomic E-state index is 0. The zero-order chi connectivity index (χ0) is 16.1. The van der Waals surface area contributed by atoms with Gasteiger partial charge in [-0.15, -0.1) is 5.10 Å². The maximum absolute atomic E-state index is 6.00. The molecule has 24 heavy (non-hydrogen) atoms. The van der Waals surface area contributed by atoms with E-state index in [1.165, 1.54) is 0 Å². The van der Waals surface area contributed by atoms with Crippen LogP contribution in [0.5, 0.6) is 0 Å². The molecule has 0 aliphatic heterocycles. The smallest absolute Gasteiger partial charge is 0.209 e. The third-order valence-electron chi connectivity index (χ3n) is 3.16. The van der Waals surface area contributed by atoms with E-state index in [1.807, 2.05) is 43.4 Å². The summed E-state index contributed by atoms with van der Waals surface area (Å²) >= 11 is 7.61. The van der Waals surface area contributed by atoms with Crippen molar-refractivity contribution in [1.29, 1.82) is 0 Å². The molecule has 0 amide bonds. The highest BCUT2D eigenvalue weighted by molar-refractivity contribution is 7.99. The highest BCUT2D eigenvalue weighted by atomic mass is 35.5. The van der Waals surface area contributed by atoms with Crippen molar-refractivity contribution in [3.8, 4) is 11.3 Å². The molecular formula is C15H16Cl2N5OS-. The fourth-order valence-electron chi connectivity index (χ4n) is 2.04. The average molecular weight is 385 g/mol. The third-order valence-corrected chi connectivity index (χ3v) is 4.41. The van der Waals surface area contributed by atoms with E-state index in [0.29, 0.717) is 11.6 Å². The lowest BCUT2D eigenvalue weighted by Gasteiger charge is -2.02. The second-order valence-electron chi connectivity index (χ2n) is 4.89. The number of thioether (sulfide) groups is 1. The number of hydrogen-bond donors (Lipinski definition) is 1. The Morgan fingerprint density at radius 2 is 2.17 bits per heavy atom. The second kappa shape index (κ2) is 9.08. The molecule has 0 atom stereocenters. The van der Waals surface area contributed by atoms with Crippen LogP contribution in [0.2, 0.25) is 5.02 Å². The van der Waals surface area contributed by atoms with Crippen LogP contribution in [0.1, 0.15) is 5.76 Å². The van der Waals surface area contributed by atoms with Gasteiger partial charge in [-0.2, -0.15) is 0 Å². The molecule has 3 rings (SSSR count). The summed E-state index contributed by atoms with van der Waals surface area (Å²) in [4.78, 5) is 0. The number of aryl methyl sites for hydroxylation is 1. The van der Waals surface area contributed by atoms with Crippen molar-refractivity contribution in [3.63, 3.8) is 0 Å². The van der Waals surface area contributed by atoms with E-state index in [0.717, 1.165) is 34.5 Å². The van der Waals surface area contributed by atoms with Crippen LogP contribution in [-0.2, 0) is 13.6 Å². The predicted molar refractivity (Wildman–Crippen MR) is 90.4 cm³/mol. The zero-order valence-corrected chi connectivity index (χ0v) is 15.3. The van der Waals surface area contributed by atoms with Gasteiger partial charge in [0.15, 0.2) is 0 Å². The number of nitrogens with zero attached hydrogens (tertiary/aromatic N) is 4. The number of tetrazole rings is 1. The van der Waals surface area contributed by atoms with Crippen molar-refractivity contribution in [2.24, 2.45) is 7.05 Å². The lowest BCUT2D eigenvalue weighted by molar-refractivity contribution is -0.00000533. The molecule has 2 heterocycles. The second-order valence-corrected chi connectivity index (χ2v) is 6.39. The standard InChI is InChI=1S/C15H16ClN5OS.ClH/c1-21-15(18-19-20-21)23-8-7-17-10-13-5-6-14(22-13)11-3-2-4-12(16)9-11;/h2-6,9,17H,7-8,10H2,1H3;1H/p-1. The lowest BCUT2D eigenvalue weighted by Crippen LogP contribution is -3.00. The number of benzene rings is 1. The van der Waals surface area contributed by atoms with Gasteiger partial charge in [0, 0.05) is 29.9 Å². The molecule has 6 nitrogen and oxygen atoms in total. The molecule has 1 N–H and O–H groups in total. The van der Waals surface area contributed by atoms with Crippen molar-refractivity contribution >= 4 is 23.4 Å². The summed E-state index contributed by atoms with van der Waals surface area (Å²) in [5.74, 6) is 2.60. The molecule has 2 aromatic heterocycles. The fraction of sp³-hybridized carbons (Fsp3) is 0.267. The molecule has 0 bridgehead atoms. The molecule has 0 saturated carbocycles. The number of halogens is 2. The maximum atomic E-state index is 6.00. The zero-order valence-electron chi connectivity index (χ0n) is 12.9. The molecule has 128 valence electrons. The van der Waals surface area contributed by atoms with E-state index >= 15 is 0 Å². The van der Waals surface area contributed by atoms with Gasteiger partial charge in [-0.1, -0.05) is 35.5 Å². The fourth-order valence-corrected chi connectivity index (χ4v) is 2.98. The van der Waals surface area contributed by atoms with Gasteiger partial charge in [-0.3, -0.25) is 0 Å². The van der Waals surface area contributed by atoms with Gasteiger partial charge in [0.2, 0.25) is 5.16 Å². The van der Waals surface area contributed by atoms with Gasteiger partial charge in [-0.25, -0.2) is 4.68 Å². The summed E-state index contributed by atoms with van der Waals surface area (Å²) in [6.07, 6.45) is 0. The summed E-state index contributed by atoms with van der Waals surface area (Å²) in [5, 5.41) is 16.2. The van der Waals surface area contributed by atoms with Crippen molar-refractivity contribution < 1.29 is 16.8 Å². The highest BCUT2D eigenvalue weighted by Gasteiger charge is 2.06. The Kier molecular flexibility index (Phi) is 7.11. The molecule has 0 saturated heterocycles. The molecule has 0 aliphatic carbocycles. The van der Waals surface area contributed by atoms with Crippen LogP contribution in [0, 0.1) is 0 Å². The normalized spacial score (nSPS) is 10.6. The summed E-state index contributed by atoms with van der Waals surface area (Å²) in [5.41, 5.74) is 0.981. The molecule has 9 heteroatoms. The number of hydrogen-bond acceptors (Lipinski definition) is 6. The Hall–Kier alpha value is -1.54. The minimum Gasteiger partial charge on any atom is -1.00 e. The summed E-state index contributed by atoms with van der Waals surface area (Å²) in [6.45, 7) is 1.52. The Balaban J connectivity index is 0.00000208. The monoisotopic (exact) mass is 384 g/mol. The first kappa shape index (κ1) is 18.8. The Labute approximate surface area is 155 Å². The molecule has 0 unspecified atom stereocenters. The van der Waals surface area contributed by atoms with Gasteiger partial charge >= 0.3 is 0 Å². The lowest BCUT2D eigenvalue weighted by atomic mass is 10.2. The number of aromatic nitrogens is 4. The van der Waals surface area contributed by atoms with Crippen molar-refractivity contribution in [2.75, 3.05) is 12.3 Å². The van der Waals surface area contributed by atoms with Gasteiger partial charge in [-0.05, 0) is 34.7 Å². The van der Waals surface area contributed by atoms with Gasteiger partial charge < -0.3 is 22.1 Å². The minimum absolute atomic E-state index is 0. The van der Waals surface area contributed by atoms with Gasteiger partial charge in [0.25, 0.3) is 0 Å². The molecule has 0 fully saturated rings. The van der Waals surface area contributed by atoms with Crippen LogP contribution in [-0.4, -0.2) is 32.5 Å². The molecular weight excluding hydrogens is 369 g/mol. The van der Waals surface area contributed by atoms with E-state index in [2.05, 4.69) is 20.8 Å². The predicted octanol–water partition coefficient (Wildman–Crippen LogP) is 0.00940. The van der Waals surface area contributed by atoms with Crippen LogP contribution < -0.4 is 17.7 Å². The maximum Gasteiger partial charge on any atom is 0.209 e. The van der Waals surface area contributed by atoms with E-state index in [1.54, 1.807) is 16.4 Å². The molecule has 0 radical (unpaired) electrons. The van der Waals surface area contributed by atoms with E-state index < -0.39 is 0 Å². The van der Waals surface area contributed by atoms with Crippen LogP contribution in [0.4, 0.5) is 0 Å².